The molecule has 0 heterocycles. The first-order valence-electron chi connectivity index (χ1n) is 5.55. The molecule has 0 fully saturated rings. The Bertz CT molecular complexity index is 176. The molecule has 0 aliphatic rings. The first kappa shape index (κ1) is 14.3. The molecule has 0 aromatic heterocycles. The third-order valence-corrected chi connectivity index (χ3v) is 2.28. The van der Waals surface area contributed by atoms with Crippen molar-refractivity contribution < 1.29 is 9.90 Å². The first-order chi connectivity index (χ1) is 7.07. The fourth-order valence-electron chi connectivity index (χ4n) is 1.26. The van der Waals surface area contributed by atoms with Gasteiger partial charge < -0.3 is 21.9 Å². The van der Waals surface area contributed by atoms with E-state index in [4.69, 9.17) is 16.6 Å². The molecule has 6 N–H and O–H groups in total. The van der Waals surface area contributed by atoms with Gasteiger partial charge in [-0.2, -0.15) is 0 Å². The summed E-state index contributed by atoms with van der Waals surface area (Å²) in [6.45, 7) is 2.85. The normalized spacial score (nSPS) is 14.9. The topological polar surface area (TPSA) is 101 Å². The van der Waals surface area contributed by atoms with E-state index in [1.807, 2.05) is 0 Å². The van der Waals surface area contributed by atoms with Crippen LogP contribution in [0.4, 0.5) is 0 Å². The number of carbonyl (C=O) groups is 1. The Hall–Kier alpha value is -0.650. The Kier molecular flexibility index (Phi) is 8.27. The molecule has 0 bridgehead atoms. The van der Waals surface area contributed by atoms with E-state index in [0.717, 1.165) is 32.2 Å². The molecule has 0 spiro atoms. The van der Waals surface area contributed by atoms with Gasteiger partial charge in [0.05, 0.1) is 6.17 Å². The van der Waals surface area contributed by atoms with Crippen LogP contribution in [0, 0.1) is 0 Å². The van der Waals surface area contributed by atoms with Gasteiger partial charge in [0.2, 0.25) is 0 Å². The van der Waals surface area contributed by atoms with Crippen LogP contribution in [0.5, 0.6) is 0 Å². The van der Waals surface area contributed by atoms with Crippen LogP contribution in [-0.2, 0) is 4.79 Å². The van der Waals surface area contributed by atoms with Gasteiger partial charge in [0.1, 0.15) is 6.04 Å². The minimum Gasteiger partial charge on any atom is -0.480 e. The first-order valence-corrected chi connectivity index (χ1v) is 5.55. The summed E-state index contributed by atoms with van der Waals surface area (Å²) >= 11 is 0. The minimum absolute atomic E-state index is 0.0194. The number of aliphatic carboxylic acids is 1. The minimum atomic E-state index is -0.940. The molecule has 0 radical (unpaired) electrons. The van der Waals surface area contributed by atoms with Crippen LogP contribution in [0.15, 0.2) is 0 Å². The van der Waals surface area contributed by atoms with Crippen molar-refractivity contribution >= 4 is 5.97 Å². The number of carboxylic acid groups (broad SMARTS) is 1. The van der Waals surface area contributed by atoms with E-state index in [1.165, 1.54) is 0 Å². The molecule has 0 amide bonds. The van der Waals surface area contributed by atoms with Gasteiger partial charge in [0.15, 0.2) is 0 Å². The highest BCUT2D eigenvalue weighted by atomic mass is 16.4. The van der Waals surface area contributed by atoms with E-state index < -0.39 is 12.0 Å². The van der Waals surface area contributed by atoms with E-state index in [2.05, 4.69) is 12.2 Å². The van der Waals surface area contributed by atoms with Crippen molar-refractivity contribution in [1.82, 2.24) is 5.32 Å². The van der Waals surface area contributed by atoms with Crippen LogP contribution in [0.3, 0.4) is 0 Å². The fourth-order valence-corrected chi connectivity index (χ4v) is 1.26. The van der Waals surface area contributed by atoms with Crippen molar-refractivity contribution in [3.05, 3.63) is 0 Å². The Morgan fingerprint density at radius 1 is 1.33 bits per heavy atom. The Labute approximate surface area is 91.2 Å². The highest BCUT2D eigenvalue weighted by Crippen LogP contribution is 1.97. The monoisotopic (exact) mass is 217 g/mol. The van der Waals surface area contributed by atoms with Crippen LogP contribution in [0.1, 0.15) is 39.0 Å². The molecule has 0 rings (SSSR count). The van der Waals surface area contributed by atoms with Gasteiger partial charge in [-0.3, -0.25) is 4.79 Å². The maximum Gasteiger partial charge on any atom is 0.320 e. The zero-order chi connectivity index (χ0) is 11.7. The number of nitrogens with one attached hydrogen (secondary N) is 1. The van der Waals surface area contributed by atoms with E-state index in [0.29, 0.717) is 6.42 Å². The summed E-state index contributed by atoms with van der Waals surface area (Å²) in [6.07, 6.45) is 4.46. The molecule has 5 nitrogen and oxygen atoms in total. The van der Waals surface area contributed by atoms with Gasteiger partial charge in [-0.05, 0) is 25.8 Å². The molecule has 0 aliphatic carbocycles. The van der Waals surface area contributed by atoms with Crippen LogP contribution < -0.4 is 16.8 Å². The SMILES string of the molecule is CCCC[C@@H](N)NCCC[C@H](N)C(=O)O. The molecule has 0 saturated carbocycles. The van der Waals surface area contributed by atoms with Crippen molar-refractivity contribution in [2.45, 2.75) is 51.2 Å². The standard InChI is InChI=1S/C10H23N3O2/c1-2-3-6-9(12)13-7-4-5-8(11)10(14)15/h8-9,13H,2-7,11-12H2,1H3,(H,14,15)/t8-,9-/m0/s1. The van der Waals surface area contributed by atoms with Gasteiger partial charge in [-0.1, -0.05) is 19.8 Å². The molecule has 5 heteroatoms. The summed E-state index contributed by atoms with van der Waals surface area (Å²) in [6, 6.07) is -0.751. The van der Waals surface area contributed by atoms with Crippen LogP contribution in [0.25, 0.3) is 0 Å². The lowest BCUT2D eigenvalue weighted by Gasteiger charge is -2.13. The summed E-state index contributed by atoms with van der Waals surface area (Å²) in [4.78, 5) is 10.4. The molecule has 0 aliphatic heterocycles. The Morgan fingerprint density at radius 3 is 2.53 bits per heavy atom. The van der Waals surface area contributed by atoms with Gasteiger partial charge in [-0.15, -0.1) is 0 Å². The quantitative estimate of drug-likeness (QED) is 0.327. The van der Waals surface area contributed by atoms with Gasteiger partial charge in [-0.25, -0.2) is 0 Å². The average Bonchev–Trinajstić information content (AvgIpc) is 2.20. The number of hydrogen-bond donors (Lipinski definition) is 4. The van der Waals surface area contributed by atoms with Crippen molar-refractivity contribution in [3.8, 4) is 0 Å². The predicted molar refractivity (Wildman–Crippen MR) is 60.3 cm³/mol. The molecule has 2 atom stereocenters. The lowest BCUT2D eigenvalue weighted by Crippen LogP contribution is -2.38. The van der Waals surface area contributed by atoms with Crippen molar-refractivity contribution in [2.75, 3.05) is 6.54 Å². The average molecular weight is 217 g/mol. The second kappa shape index (κ2) is 8.64. The third kappa shape index (κ3) is 8.35. The van der Waals surface area contributed by atoms with Crippen LogP contribution in [0.2, 0.25) is 0 Å². The van der Waals surface area contributed by atoms with Crippen LogP contribution >= 0.6 is 0 Å². The number of nitrogens with two attached hydrogens (primary N) is 2. The van der Waals surface area contributed by atoms with Crippen molar-refractivity contribution in [2.24, 2.45) is 11.5 Å². The highest BCUT2D eigenvalue weighted by molar-refractivity contribution is 5.72. The second-order valence-electron chi connectivity index (χ2n) is 3.79. The number of rotatable bonds is 9. The summed E-state index contributed by atoms with van der Waals surface area (Å²) in [5.41, 5.74) is 11.1. The third-order valence-electron chi connectivity index (χ3n) is 2.28. The lowest BCUT2D eigenvalue weighted by molar-refractivity contribution is -0.138. The lowest BCUT2D eigenvalue weighted by atomic mass is 10.1. The number of unbranched alkanes of at least 4 members (excludes halogenated alkanes) is 1. The van der Waals surface area contributed by atoms with Gasteiger partial charge >= 0.3 is 5.97 Å². The van der Waals surface area contributed by atoms with E-state index in [9.17, 15) is 4.79 Å². The van der Waals surface area contributed by atoms with Gasteiger partial charge in [0, 0.05) is 0 Å². The van der Waals surface area contributed by atoms with E-state index >= 15 is 0 Å². The van der Waals surface area contributed by atoms with Gasteiger partial charge in [0.25, 0.3) is 0 Å². The maximum absolute atomic E-state index is 10.4. The summed E-state index contributed by atoms with van der Waals surface area (Å²) in [5.74, 6) is -0.940. The zero-order valence-corrected chi connectivity index (χ0v) is 9.41. The van der Waals surface area contributed by atoms with Crippen molar-refractivity contribution in [3.63, 3.8) is 0 Å². The maximum atomic E-state index is 10.4. The smallest absolute Gasteiger partial charge is 0.320 e. The Morgan fingerprint density at radius 2 is 2.00 bits per heavy atom. The Balaban J connectivity index is 3.33. The number of hydrogen-bond acceptors (Lipinski definition) is 4. The molecule has 0 unspecified atom stereocenters. The molecule has 0 saturated heterocycles. The zero-order valence-electron chi connectivity index (χ0n) is 9.41. The summed E-state index contributed by atoms with van der Waals surface area (Å²) in [7, 11) is 0. The molecule has 0 aromatic rings. The van der Waals surface area contributed by atoms with Crippen molar-refractivity contribution in [1.29, 1.82) is 0 Å². The van der Waals surface area contributed by atoms with Crippen LogP contribution in [-0.4, -0.2) is 29.8 Å². The molecular formula is C10H23N3O2. The largest absolute Gasteiger partial charge is 0.480 e. The van der Waals surface area contributed by atoms with E-state index in [1.54, 1.807) is 0 Å². The summed E-state index contributed by atoms with van der Waals surface area (Å²) in [5, 5.41) is 11.7. The summed E-state index contributed by atoms with van der Waals surface area (Å²) < 4.78 is 0. The highest BCUT2D eigenvalue weighted by Gasteiger charge is 2.10. The predicted octanol–water partition coefficient (Wildman–Crippen LogP) is 0.243. The molecule has 90 valence electrons. The second-order valence-corrected chi connectivity index (χ2v) is 3.79. The molecular weight excluding hydrogens is 194 g/mol. The number of carboxylic acids is 1. The van der Waals surface area contributed by atoms with E-state index in [-0.39, 0.29) is 6.17 Å². The fraction of sp³-hybridized carbons (Fsp3) is 0.900. The molecule has 0 aromatic carbocycles. The molecule has 15 heavy (non-hydrogen) atoms.